The van der Waals surface area contributed by atoms with E-state index in [0.29, 0.717) is 37.4 Å². The summed E-state index contributed by atoms with van der Waals surface area (Å²) in [5.74, 6) is -0.196. The average Bonchev–Trinajstić information content (AvgIpc) is 3.36. The molecule has 3 aromatic rings. The molecule has 2 amide bonds. The summed E-state index contributed by atoms with van der Waals surface area (Å²) in [5.41, 5.74) is 1.99. The van der Waals surface area contributed by atoms with Gasteiger partial charge in [0.2, 0.25) is 11.8 Å². The zero-order chi connectivity index (χ0) is 25.9. The molecule has 0 aliphatic carbocycles. The van der Waals surface area contributed by atoms with E-state index in [4.69, 9.17) is 4.74 Å². The Labute approximate surface area is 216 Å². The number of ether oxygens (including phenoxy) is 1. The van der Waals surface area contributed by atoms with Crippen LogP contribution in [0.3, 0.4) is 0 Å². The fraction of sp³-hybridized carbons (Fsp3) is 0.393. The molecule has 7 nitrogen and oxygen atoms in total. The third-order valence-electron chi connectivity index (χ3n) is 6.13. The van der Waals surface area contributed by atoms with Crippen LogP contribution in [0.25, 0.3) is 10.4 Å². The molecule has 8 heteroatoms. The number of nitrogens with one attached hydrogen (secondary N) is 2. The Kier molecular flexibility index (Phi) is 10.5. The third-order valence-corrected chi connectivity index (χ3v) is 7.08. The van der Waals surface area contributed by atoms with E-state index in [1.807, 2.05) is 75.4 Å². The molecule has 0 aliphatic heterocycles. The Balaban J connectivity index is 1.67. The van der Waals surface area contributed by atoms with E-state index < -0.39 is 18.1 Å². The van der Waals surface area contributed by atoms with Gasteiger partial charge in [0.25, 0.3) is 0 Å². The topological polar surface area (TPSA) is 101 Å². The highest BCUT2D eigenvalue weighted by Crippen LogP contribution is 2.32. The fourth-order valence-electron chi connectivity index (χ4n) is 3.98. The zero-order valence-corrected chi connectivity index (χ0v) is 21.9. The van der Waals surface area contributed by atoms with Crippen LogP contribution >= 0.6 is 11.3 Å². The van der Waals surface area contributed by atoms with Crippen molar-refractivity contribution in [1.29, 1.82) is 0 Å². The highest BCUT2D eigenvalue weighted by Gasteiger charge is 2.28. The first kappa shape index (κ1) is 27.4. The van der Waals surface area contributed by atoms with E-state index in [1.165, 1.54) is 11.3 Å². The van der Waals surface area contributed by atoms with Crippen LogP contribution < -0.4 is 15.4 Å². The summed E-state index contributed by atoms with van der Waals surface area (Å²) in [4.78, 5) is 30.8. The second-order valence-electron chi connectivity index (χ2n) is 8.65. The zero-order valence-electron chi connectivity index (χ0n) is 21.1. The van der Waals surface area contributed by atoms with Crippen LogP contribution in [0.1, 0.15) is 52.0 Å². The molecule has 1 heterocycles. The Morgan fingerprint density at radius 1 is 1.00 bits per heavy atom. The third kappa shape index (κ3) is 7.38. The van der Waals surface area contributed by atoms with E-state index in [9.17, 15) is 14.7 Å². The van der Waals surface area contributed by atoms with Crippen LogP contribution in [0.4, 0.5) is 5.13 Å². The van der Waals surface area contributed by atoms with Gasteiger partial charge in [-0.2, -0.15) is 0 Å². The number of anilines is 1. The molecule has 2 aromatic carbocycles. The predicted molar refractivity (Wildman–Crippen MR) is 144 cm³/mol. The second kappa shape index (κ2) is 13.8. The lowest BCUT2D eigenvalue weighted by Crippen LogP contribution is -2.49. The lowest BCUT2D eigenvalue weighted by molar-refractivity contribution is -0.135. The van der Waals surface area contributed by atoms with Gasteiger partial charge >= 0.3 is 0 Å². The summed E-state index contributed by atoms with van der Waals surface area (Å²) in [5, 5.41) is 16.4. The first-order chi connectivity index (χ1) is 17.5. The minimum absolute atomic E-state index is 0.136. The quantitative estimate of drug-likeness (QED) is 0.286. The molecule has 0 saturated carbocycles. The molecule has 2 atom stereocenters. The van der Waals surface area contributed by atoms with Crippen LogP contribution in [0.2, 0.25) is 0 Å². The number of rotatable bonds is 13. The predicted octanol–water partition coefficient (Wildman–Crippen LogP) is 5.41. The smallest absolute Gasteiger partial charge is 0.249 e. The second-order valence-corrected chi connectivity index (χ2v) is 9.68. The molecule has 1 aromatic heterocycles. The van der Waals surface area contributed by atoms with Gasteiger partial charge in [-0.05, 0) is 35.6 Å². The monoisotopic (exact) mass is 509 g/mol. The van der Waals surface area contributed by atoms with Gasteiger partial charge in [-0.15, -0.1) is 0 Å². The molecular weight excluding hydrogens is 474 g/mol. The maximum Gasteiger partial charge on any atom is 0.249 e. The molecule has 3 rings (SSSR count). The Morgan fingerprint density at radius 3 is 2.39 bits per heavy atom. The highest BCUT2D eigenvalue weighted by molar-refractivity contribution is 7.19. The van der Waals surface area contributed by atoms with E-state index in [-0.39, 0.29) is 11.8 Å². The minimum Gasteiger partial charge on any atom is -0.489 e. The Bertz CT molecular complexity index is 1110. The number of thiazole rings is 1. The largest absolute Gasteiger partial charge is 0.489 e. The highest BCUT2D eigenvalue weighted by atomic mass is 32.1. The van der Waals surface area contributed by atoms with Crippen LogP contribution in [0.5, 0.6) is 5.75 Å². The van der Waals surface area contributed by atoms with E-state index in [2.05, 4.69) is 15.6 Å². The number of nitrogens with zero attached hydrogens (tertiary/aromatic N) is 1. The Morgan fingerprint density at radius 2 is 1.69 bits per heavy atom. The van der Waals surface area contributed by atoms with Crippen LogP contribution in [-0.4, -0.2) is 34.1 Å². The van der Waals surface area contributed by atoms with Gasteiger partial charge in [0.15, 0.2) is 5.13 Å². The molecule has 192 valence electrons. The van der Waals surface area contributed by atoms with Crippen LogP contribution in [-0.2, 0) is 16.2 Å². The lowest BCUT2D eigenvalue weighted by atomic mass is 9.95. The number of hydrogen-bond donors (Lipinski definition) is 3. The summed E-state index contributed by atoms with van der Waals surface area (Å²) in [7, 11) is 0. The molecular formula is C28H35N3O4S. The average molecular weight is 510 g/mol. The number of carbonyl (C=O) groups excluding carboxylic acids is 2. The van der Waals surface area contributed by atoms with Crippen molar-refractivity contribution in [2.24, 2.45) is 5.92 Å². The summed E-state index contributed by atoms with van der Waals surface area (Å²) >= 11 is 1.36. The summed E-state index contributed by atoms with van der Waals surface area (Å²) < 4.78 is 5.93. The van der Waals surface area contributed by atoms with E-state index in [1.54, 1.807) is 6.20 Å². The maximum atomic E-state index is 13.0. The number of hydrogen-bond acceptors (Lipinski definition) is 6. The summed E-state index contributed by atoms with van der Waals surface area (Å²) in [6.45, 7) is 6.22. The normalized spacial score (nSPS) is 12.7. The van der Waals surface area contributed by atoms with Gasteiger partial charge in [-0.25, -0.2) is 4.98 Å². The lowest BCUT2D eigenvalue weighted by Gasteiger charge is -2.23. The SMILES string of the molecule is CCCC(NC(=O)[C@H](O)C(CC)CC)C(=O)Nc1ncc(-c2ccccc2COc2ccccc2)s1. The number of aromatic nitrogens is 1. The molecule has 0 saturated heterocycles. The Hall–Kier alpha value is -3.23. The van der Waals surface area contributed by atoms with Crippen molar-refractivity contribution in [3.05, 3.63) is 66.4 Å². The number of aliphatic hydroxyl groups excluding tert-OH is 1. The number of benzene rings is 2. The fourth-order valence-corrected chi connectivity index (χ4v) is 4.86. The molecule has 0 bridgehead atoms. The van der Waals surface area contributed by atoms with Crippen molar-refractivity contribution in [2.75, 3.05) is 5.32 Å². The molecule has 3 N–H and O–H groups in total. The standard InChI is InChI=1S/C28H35N3O4S/c1-4-12-23(30-27(34)25(32)19(5-2)6-3)26(33)31-28-29-17-24(36-28)22-16-11-10-13-20(22)18-35-21-14-8-7-9-15-21/h7-11,13-17,19,23,25,32H,4-6,12,18H2,1-3H3,(H,30,34)(H,29,31,33)/t23?,25-/m1/s1. The maximum absolute atomic E-state index is 13.0. The first-order valence-corrected chi connectivity index (χ1v) is 13.3. The molecule has 0 radical (unpaired) electrons. The molecule has 1 unspecified atom stereocenters. The van der Waals surface area contributed by atoms with E-state index >= 15 is 0 Å². The van der Waals surface area contributed by atoms with Gasteiger partial charge in [0.1, 0.15) is 24.5 Å². The number of para-hydroxylation sites is 1. The molecule has 0 fully saturated rings. The van der Waals surface area contributed by atoms with Crippen molar-refractivity contribution in [3.8, 4) is 16.2 Å². The van der Waals surface area contributed by atoms with Crippen LogP contribution in [0.15, 0.2) is 60.8 Å². The van der Waals surface area contributed by atoms with E-state index in [0.717, 1.165) is 21.8 Å². The first-order valence-electron chi connectivity index (χ1n) is 12.5. The number of carbonyl (C=O) groups is 2. The molecule has 0 spiro atoms. The summed E-state index contributed by atoms with van der Waals surface area (Å²) in [6, 6.07) is 16.8. The van der Waals surface area contributed by atoms with Crippen molar-refractivity contribution in [2.45, 2.75) is 65.2 Å². The molecule has 36 heavy (non-hydrogen) atoms. The van der Waals surface area contributed by atoms with Crippen molar-refractivity contribution >= 4 is 28.3 Å². The van der Waals surface area contributed by atoms with Gasteiger partial charge in [0.05, 0.1) is 4.88 Å². The van der Waals surface area contributed by atoms with Gasteiger partial charge < -0.3 is 20.5 Å². The van der Waals surface area contributed by atoms with Gasteiger partial charge in [-0.1, -0.05) is 93.8 Å². The number of amides is 2. The van der Waals surface area contributed by atoms with Gasteiger partial charge in [-0.3, -0.25) is 9.59 Å². The van der Waals surface area contributed by atoms with Crippen molar-refractivity contribution in [1.82, 2.24) is 10.3 Å². The van der Waals surface area contributed by atoms with Crippen LogP contribution in [0, 0.1) is 5.92 Å². The number of aliphatic hydroxyl groups is 1. The van der Waals surface area contributed by atoms with Gasteiger partial charge in [0, 0.05) is 6.20 Å². The molecule has 0 aliphatic rings. The van der Waals surface area contributed by atoms with Crippen molar-refractivity contribution in [3.63, 3.8) is 0 Å². The minimum atomic E-state index is -1.13. The summed E-state index contributed by atoms with van der Waals surface area (Å²) in [6.07, 6.45) is 3.15. The van der Waals surface area contributed by atoms with Crippen molar-refractivity contribution < 1.29 is 19.4 Å².